The van der Waals surface area contributed by atoms with Gasteiger partial charge in [0.25, 0.3) is 0 Å². The highest BCUT2D eigenvalue weighted by Gasteiger charge is 2.09. The number of hydrogen-bond donors (Lipinski definition) is 1. The molecule has 74 valence electrons. The maximum atomic E-state index is 5.54. The topological polar surface area (TPSA) is 74.2 Å². The zero-order valence-electron chi connectivity index (χ0n) is 7.99. The first-order valence-corrected chi connectivity index (χ1v) is 4.39. The van der Waals surface area contributed by atoms with Crippen LogP contribution in [0.1, 0.15) is 38.1 Å². The lowest BCUT2D eigenvalue weighted by molar-refractivity contribution is 0.102. The molecule has 0 saturated heterocycles. The molecule has 1 atom stereocenters. The summed E-state index contributed by atoms with van der Waals surface area (Å²) in [6, 6.07) is -0.215. The molecule has 0 radical (unpaired) electrons. The van der Waals surface area contributed by atoms with Gasteiger partial charge in [0.1, 0.15) is 6.61 Å². The smallest absolute Gasteiger partial charge is 0.242 e. The van der Waals surface area contributed by atoms with E-state index in [1.54, 1.807) is 6.92 Å². The molecule has 0 aromatic carbocycles. The molecule has 2 N–H and O–H groups in total. The largest absolute Gasteiger partial charge is 0.421 e. The third-order valence-electron chi connectivity index (χ3n) is 1.45. The Morgan fingerprint density at radius 2 is 2.31 bits per heavy atom. The van der Waals surface area contributed by atoms with Crippen LogP contribution in [-0.4, -0.2) is 16.8 Å². The van der Waals surface area contributed by atoms with Gasteiger partial charge in [0.05, 0.1) is 6.04 Å². The van der Waals surface area contributed by atoms with Crippen molar-refractivity contribution in [1.29, 1.82) is 0 Å². The van der Waals surface area contributed by atoms with Gasteiger partial charge in [-0.25, -0.2) is 0 Å². The standard InChI is InChI=1S/C8H15N3O2/c1-3-4-12-5-7-10-11-8(13-7)6(2)9/h6H,3-5,9H2,1-2H3. The minimum atomic E-state index is -0.215. The SMILES string of the molecule is CCCOCc1nnc(C(C)N)o1. The fourth-order valence-corrected chi connectivity index (χ4v) is 0.813. The predicted octanol–water partition coefficient (Wildman–Crippen LogP) is 1.02. The summed E-state index contributed by atoms with van der Waals surface area (Å²) in [5.41, 5.74) is 5.54. The number of rotatable bonds is 5. The first-order valence-electron chi connectivity index (χ1n) is 4.39. The second-order valence-corrected chi connectivity index (χ2v) is 2.88. The molecule has 13 heavy (non-hydrogen) atoms. The molecule has 1 heterocycles. The van der Waals surface area contributed by atoms with E-state index in [4.69, 9.17) is 14.9 Å². The van der Waals surface area contributed by atoms with E-state index in [0.29, 0.717) is 25.0 Å². The van der Waals surface area contributed by atoms with Gasteiger partial charge in [-0.3, -0.25) is 0 Å². The Bertz CT molecular complexity index is 247. The molecular weight excluding hydrogens is 170 g/mol. The van der Waals surface area contributed by atoms with E-state index in [1.165, 1.54) is 0 Å². The average Bonchev–Trinajstić information content (AvgIpc) is 2.53. The van der Waals surface area contributed by atoms with Crippen molar-refractivity contribution in [1.82, 2.24) is 10.2 Å². The van der Waals surface area contributed by atoms with E-state index in [0.717, 1.165) is 6.42 Å². The number of nitrogens with zero attached hydrogens (tertiary/aromatic N) is 2. The van der Waals surface area contributed by atoms with Crippen LogP contribution in [0.15, 0.2) is 4.42 Å². The van der Waals surface area contributed by atoms with Crippen LogP contribution in [0.2, 0.25) is 0 Å². The molecule has 0 amide bonds. The van der Waals surface area contributed by atoms with Crippen molar-refractivity contribution in [3.05, 3.63) is 11.8 Å². The summed E-state index contributed by atoms with van der Waals surface area (Å²) in [5, 5.41) is 7.56. The van der Waals surface area contributed by atoms with Gasteiger partial charge in [0, 0.05) is 6.61 Å². The first-order chi connectivity index (χ1) is 6.24. The van der Waals surface area contributed by atoms with Gasteiger partial charge in [-0.2, -0.15) is 0 Å². The Balaban J connectivity index is 2.40. The summed E-state index contributed by atoms with van der Waals surface area (Å²) < 4.78 is 10.4. The second-order valence-electron chi connectivity index (χ2n) is 2.88. The Kier molecular flexibility index (Phi) is 3.85. The van der Waals surface area contributed by atoms with Crippen LogP contribution in [0, 0.1) is 0 Å². The summed E-state index contributed by atoms with van der Waals surface area (Å²) in [4.78, 5) is 0. The number of ether oxygens (including phenoxy) is 1. The lowest BCUT2D eigenvalue weighted by Crippen LogP contribution is -2.04. The van der Waals surface area contributed by atoms with Gasteiger partial charge >= 0.3 is 0 Å². The molecular formula is C8H15N3O2. The van der Waals surface area contributed by atoms with Crippen LogP contribution >= 0.6 is 0 Å². The zero-order valence-corrected chi connectivity index (χ0v) is 7.99. The van der Waals surface area contributed by atoms with Crippen LogP contribution in [0.4, 0.5) is 0 Å². The molecule has 0 spiro atoms. The van der Waals surface area contributed by atoms with Crippen molar-refractivity contribution in [3.63, 3.8) is 0 Å². The monoisotopic (exact) mass is 185 g/mol. The molecule has 0 aliphatic heterocycles. The van der Waals surface area contributed by atoms with Gasteiger partial charge < -0.3 is 14.9 Å². The number of nitrogens with two attached hydrogens (primary N) is 1. The van der Waals surface area contributed by atoms with E-state index in [2.05, 4.69) is 10.2 Å². The molecule has 5 nitrogen and oxygen atoms in total. The lowest BCUT2D eigenvalue weighted by atomic mass is 10.4. The minimum Gasteiger partial charge on any atom is -0.421 e. The maximum absolute atomic E-state index is 5.54. The van der Waals surface area contributed by atoms with Crippen molar-refractivity contribution in [2.24, 2.45) is 5.73 Å². The van der Waals surface area contributed by atoms with Gasteiger partial charge in [0.2, 0.25) is 11.8 Å². The summed E-state index contributed by atoms with van der Waals surface area (Å²) in [6.07, 6.45) is 0.980. The maximum Gasteiger partial charge on any atom is 0.242 e. The van der Waals surface area contributed by atoms with Crippen molar-refractivity contribution >= 4 is 0 Å². The molecule has 1 aromatic heterocycles. The molecule has 0 saturated carbocycles. The Morgan fingerprint density at radius 1 is 1.54 bits per heavy atom. The van der Waals surface area contributed by atoms with E-state index in [9.17, 15) is 0 Å². The van der Waals surface area contributed by atoms with Crippen molar-refractivity contribution in [2.75, 3.05) is 6.61 Å². The first kappa shape index (κ1) is 10.1. The van der Waals surface area contributed by atoms with Crippen LogP contribution in [0.3, 0.4) is 0 Å². The zero-order chi connectivity index (χ0) is 9.68. The number of aromatic nitrogens is 2. The normalized spacial score (nSPS) is 13.2. The third-order valence-corrected chi connectivity index (χ3v) is 1.45. The molecule has 1 rings (SSSR count). The fraction of sp³-hybridized carbons (Fsp3) is 0.750. The summed E-state index contributed by atoms with van der Waals surface area (Å²) in [7, 11) is 0. The summed E-state index contributed by atoms with van der Waals surface area (Å²) in [5.74, 6) is 0.941. The average molecular weight is 185 g/mol. The van der Waals surface area contributed by atoms with Crippen LogP contribution < -0.4 is 5.73 Å². The van der Waals surface area contributed by atoms with E-state index in [-0.39, 0.29) is 6.04 Å². The lowest BCUT2D eigenvalue weighted by Gasteiger charge is -1.97. The van der Waals surface area contributed by atoms with E-state index < -0.39 is 0 Å². The van der Waals surface area contributed by atoms with E-state index >= 15 is 0 Å². The minimum absolute atomic E-state index is 0.215. The fourth-order valence-electron chi connectivity index (χ4n) is 0.813. The molecule has 0 bridgehead atoms. The summed E-state index contributed by atoms with van der Waals surface area (Å²) in [6.45, 7) is 4.91. The highest BCUT2D eigenvalue weighted by Crippen LogP contribution is 2.07. The van der Waals surface area contributed by atoms with Gasteiger partial charge in [-0.1, -0.05) is 6.92 Å². The Morgan fingerprint density at radius 3 is 2.85 bits per heavy atom. The van der Waals surface area contributed by atoms with Gasteiger partial charge in [-0.05, 0) is 13.3 Å². The van der Waals surface area contributed by atoms with Crippen molar-refractivity contribution in [3.8, 4) is 0 Å². The summed E-state index contributed by atoms with van der Waals surface area (Å²) >= 11 is 0. The second kappa shape index (κ2) is 4.94. The molecule has 0 aliphatic carbocycles. The molecule has 1 aromatic rings. The van der Waals surface area contributed by atoms with Crippen molar-refractivity contribution < 1.29 is 9.15 Å². The van der Waals surface area contributed by atoms with Crippen molar-refractivity contribution in [2.45, 2.75) is 32.9 Å². The Labute approximate surface area is 77.3 Å². The molecule has 0 aliphatic rings. The predicted molar refractivity (Wildman–Crippen MR) is 46.8 cm³/mol. The van der Waals surface area contributed by atoms with E-state index in [1.807, 2.05) is 6.92 Å². The molecule has 0 fully saturated rings. The van der Waals surface area contributed by atoms with Gasteiger partial charge in [0.15, 0.2) is 0 Å². The Hall–Kier alpha value is -0.940. The highest BCUT2D eigenvalue weighted by atomic mass is 16.5. The van der Waals surface area contributed by atoms with Crippen LogP contribution in [-0.2, 0) is 11.3 Å². The molecule has 5 heteroatoms. The van der Waals surface area contributed by atoms with Gasteiger partial charge in [-0.15, -0.1) is 10.2 Å². The highest BCUT2D eigenvalue weighted by molar-refractivity contribution is 4.85. The third kappa shape index (κ3) is 3.12. The van der Waals surface area contributed by atoms with Crippen LogP contribution in [0.25, 0.3) is 0 Å². The quantitative estimate of drug-likeness (QED) is 0.693. The molecule has 1 unspecified atom stereocenters. The number of hydrogen-bond acceptors (Lipinski definition) is 5. The van der Waals surface area contributed by atoms with Crippen LogP contribution in [0.5, 0.6) is 0 Å².